The van der Waals surface area contributed by atoms with E-state index in [-0.39, 0.29) is 95.8 Å². The van der Waals surface area contributed by atoms with E-state index < -0.39 is 60.1 Å². The molecular formula is C101H122N16O17. The highest BCUT2D eigenvalue weighted by Gasteiger charge is 2.58. The Bertz CT molecular complexity index is 5970. The number of H-pyrrole nitrogens is 4. The van der Waals surface area contributed by atoms with Gasteiger partial charge in [0.2, 0.25) is 17.7 Å². The van der Waals surface area contributed by atoms with Crippen LogP contribution in [-0.4, -0.2) is 230 Å². The standard InChI is InChI=1S/C48H56N8O7.C46H53N7O5.C7H13NO5/c1-27(2)40(54-47(60)63-5)45(58)55-26-48(17-18-48)23-39(55)42-49-25-38(51-42)33-13-12-31-20-30(10-11-32(31)21-33)28-6-8-29(9-7-28)37-24-50-43(52-37)41-34-14-15-35(22-34)56(41)44(57)36(16-19-61-3)53-46(59)62-4;1-26(2)38(51-43(55)57-6)42(54)52-25-46(17-18-46)22-37(52)40-47-24-36(49-40)32-14-13-30-19-29(11-12-31(30)20-32)27-7-9-28(10-8-27)35-23-48-41(50-35)39-33-15-16-34(21-33)53(39)44(56)58-45(3,4)5;1-12-4-3-5(6(9)10)8-7(11)13-2/h6-13,20-21,24-25,27,34-36,39-41H,14-19,22-23,26H2,1-5H3,(H,49,51)(H,50,52)(H,53,59)(H,54,60);7-14,19-20,23-24,26,33-34,37-39H,15-18,21-22,25H2,1-6H3,(H,47,49)(H,48,50)(H,51,55);5H,3-4H2,1-2H3,(H,8,11)(H,9,10)/t34-,35+,36-,39-,40-,41-;33-,34+,37-,38-,39-;5-/m000/s1. The number of hydrogen-bond donors (Lipinski definition) is 9. The Hall–Kier alpha value is -13.2. The van der Waals surface area contributed by atoms with Crippen molar-refractivity contribution in [2.75, 3.05) is 69.0 Å². The van der Waals surface area contributed by atoms with Crippen LogP contribution in [0.25, 0.3) is 88.8 Å². The smallest absolute Gasteiger partial charge is 0.411 e. The number of ether oxygens (including phenoxy) is 7. The first-order valence-electron chi connectivity index (χ1n) is 46.4. The van der Waals surface area contributed by atoms with Crippen LogP contribution >= 0.6 is 0 Å². The second-order valence-electron chi connectivity index (χ2n) is 38.8. The minimum absolute atomic E-state index is 0.0961. The highest BCUT2D eigenvalue weighted by molar-refractivity contribution is 5.94. The number of hydrogen-bond acceptors (Lipinski definition) is 20. The molecule has 4 bridgehead atoms. The van der Waals surface area contributed by atoms with Gasteiger partial charge in [0, 0.05) is 76.6 Å². The summed E-state index contributed by atoms with van der Waals surface area (Å²) < 4.78 is 34.5. The number of aliphatic carboxylic acids is 1. The summed E-state index contributed by atoms with van der Waals surface area (Å²) in [6.07, 6.45) is 17.1. The maximum absolute atomic E-state index is 14.0. The van der Waals surface area contributed by atoms with Gasteiger partial charge in [0.1, 0.15) is 53.1 Å². The van der Waals surface area contributed by atoms with Crippen molar-refractivity contribution < 1.29 is 81.4 Å². The second kappa shape index (κ2) is 39.6. The van der Waals surface area contributed by atoms with Crippen molar-refractivity contribution in [1.82, 2.24) is 80.7 Å². The lowest BCUT2D eigenvalue weighted by atomic mass is 9.97. The molecule has 9 N–H and O–H groups in total. The molecule has 4 aliphatic carbocycles. The van der Waals surface area contributed by atoms with Crippen LogP contribution in [-0.2, 0) is 52.3 Å². The zero-order valence-corrected chi connectivity index (χ0v) is 78.2. The number of carboxylic acids is 1. The summed E-state index contributed by atoms with van der Waals surface area (Å²) in [5, 5.41) is 23.5. The van der Waals surface area contributed by atoms with E-state index in [1.54, 1.807) is 7.11 Å². The number of rotatable bonds is 26. The lowest BCUT2D eigenvalue weighted by molar-refractivity contribution is -0.140. The molecule has 8 aliphatic rings. The molecule has 12 atom stereocenters. The molecule has 33 heteroatoms. The largest absolute Gasteiger partial charge is 0.480 e. The van der Waals surface area contributed by atoms with E-state index in [9.17, 15) is 43.2 Å². The molecule has 10 aromatic rings. The zero-order chi connectivity index (χ0) is 94.8. The number of aromatic nitrogens is 8. The molecule has 8 fully saturated rings. The van der Waals surface area contributed by atoms with Gasteiger partial charge in [-0.05, 0) is 212 Å². The van der Waals surface area contributed by atoms with Crippen LogP contribution < -0.4 is 21.3 Å². The molecule has 6 aromatic carbocycles. The topological polar surface area (TPSA) is 414 Å². The van der Waals surface area contributed by atoms with Crippen molar-refractivity contribution in [1.29, 1.82) is 0 Å². The number of imidazole rings is 4. The second-order valence-corrected chi connectivity index (χ2v) is 38.8. The van der Waals surface area contributed by atoms with Crippen LogP contribution in [0.3, 0.4) is 0 Å². The Morgan fingerprint density at radius 3 is 1.14 bits per heavy atom. The molecule has 8 heterocycles. The van der Waals surface area contributed by atoms with Gasteiger partial charge < -0.3 is 94.2 Å². The van der Waals surface area contributed by atoms with Crippen molar-refractivity contribution in [2.45, 2.75) is 204 Å². The fourth-order valence-corrected chi connectivity index (χ4v) is 20.5. The van der Waals surface area contributed by atoms with Gasteiger partial charge in [0.05, 0.1) is 100 Å². The summed E-state index contributed by atoms with van der Waals surface area (Å²) >= 11 is 0. The molecule has 134 heavy (non-hydrogen) atoms. The van der Waals surface area contributed by atoms with Crippen molar-refractivity contribution >= 4 is 75.7 Å². The number of carbonyl (C=O) groups is 9. The van der Waals surface area contributed by atoms with Gasteiger partial charge in [-0.2, -0.15) is 0 Å². The maximum atomic E-state index is 14.0. The predicted octanol–water partition coefficient (Wildman–Crippen LogP) is 16.5. The minimum Gasteiger partial charge on any atom is -0.480 e. The number of nitrogens with one attached hydrogen (secondary N) is 8. The minimum atomic E-state index is -1.11. The molecule has 4 aromatic heterocycles. The summed E-state index contributed by atoms with van der Waals surface area (Å²) in [4.78, 5) is 154. The van der Waals surface area contributed by atoms with Gasteiger partial charge in [-0.1, -0.05) is 125 Å². The number of piperidine rings is 2. The first-order chi connectivity index (χ1) is 64.4. The number of amides is 8. The maximum Gasteiger partial charge on any atom is 0.411 e. The third-order valence-corrected chi connectivity index (χ3v) is 28.0. The lowest BCUT2D eigenvalue weighted by Gasteiger charge is -2.36. The van der Waals surface area contributed by atoms with E-state index in [1.165, 1.54) is 35.5 Å². The molecular weight excluding hydrogens is 1710 g/mol. The highest BCUT2D eigenvalue weighted by atomic mass is 16.6. The summed E-state index contributed by atoms with van der Waals surface area (Å²) in [5.41, 5.74) is 11.7. The number of carboxylic acid groups (broad SMARTS) is 1. The SMILES string of the molecule is COC(=O)N[C@H](C(=O)N1CC2(CC2)C[C@H]1c1ncc(-c2ccc3cc(-c4ccc(-c5cnc([C@@H]6[C@H]7CC[C@H](C7)N6C(=O)OC(C)(C)C)[nH]5)cc4)ccc3c2)[nH]1)C(C)C.COCC[C@H](NC(=O)OC)C(=O)N1[C@@H]2CC[C@@H](C2)[C@H]1c1ncc(-c2ccc(-c3ccc4cc(-c5cnc([C@@H]6CC7(CC7)CN6C(=O)[C@@H](NC(=O)OC)C(C)C)[nH]5)ccc4c3)cc2)[nH]1.COCC[C@H](NC(=O)OC)C(=O)O. The van der Waals surface area contributed by atoms with E-state index in [2.05, 4.69) is 172 Å². The van der Waals surface area contributed by atoms with Gasteiger partial charge in [-0.25, -0.2) is 48.7 Å². The average Bonchev–Trinajstić information content (AvgIpc) is 1.60. The van der Waals surface area contributed by atoms with Crippen LogP contribution in [0.2, 0.25) is 0 Å². The molecule has 8 amide bonds. The van der Waals surface area contributed by atoms with Gasteiger partial charge in [-0.15, -0.1) is 0 Å². The normalized spacial score (nSPS) is 21.2. The molecule has 33 nitrogen and oxygen atoms in total. The van der Waals surface area contributed by atoms with Crippen molar-refractivity contribution in [2.24, 2.45) is 34.5 Å². The third kappa shape index (κ3) is 20.5. The molecule has 4 saturated carbocycles. The van der Waals surface area contributed by atoms with Gasteiger partial charge in [-0.3, -0.25) is 19.3 Å². The zero-order valence-electron chi connectivity index (χ0n) is 78.2. The number of likely N-dealkylation sites (tertiary alicyclic amines) is 4. The van der Waals surface area contributed by atoms with Crippen molar-refractivity contribution in [3.05, 3.63) is 169 Å². The van der Waals surface area contributed by atoms with E-state index in [0.29, 0.717) is 38.0 Å². The van der Waals surface area contributed by atoms with Crippen LogP contribution in [0.15, 0.2) is 146 Å². The first kappa shape index (κ1) is 94.0. The number of fused-ring (bicyclic) bond motifs is 6. The Balaban J connectivity index is 0.000000172. The van der Waals surface area contributed by atoms with E-state index in [1.807, 2.05) is 92.9 Å². The number of alkyl carbamates (subject to hydrolysis) is 4. The predicted molar refractivity (Wildman–Crippen MR) is 501 cm³/mol. The highest BCUT2D eigenvalue weighted by Crippen LogP contribution is 2.60. The molecule has 4 aliphatic heterocycles. The quantitative estimate of drug-likeness (QED) is 0.0227. The fraction of sp³-hybridized carbons (Fsp3) is 0.475. The van der Waals surface area contributed by atoms with Gasteiger partial charge in [0.15, 0.2) is 0 Å². The van der Waals surface area contributed by atoms with Crippen molar-refractivity contribution in [3.8, 4) is 67.3 Å². The Morgan fingerprint density at radius 2 is 0.761 bits per heavy atom. The van der Waals surface area contributed by atoms with E-state index >= 15 is 0 Å². The summed E-state index contributed by atoms with van der Waals surface area (Å²) in [6, 6.07) is 39.2. The third-order valence-electron chi connectivity index (χ3n) is 28.0. The molecule has 4 saturated heterocycles. The van der Waals surface area contributed by atoms with Crippen LogP contribution in [0.1, 0.15) is 186 Å². The Labute approximate surface area is 778 Å². The van der Waals surface area contributed by atoms with E-state index in [4.69, 9.17) is 48.7 Å². The molecule has 0 radical (unpaired) electrons. The van der Waals surface area contributed by atoms with E-state index in [0.717, 1.165) is 189 Å². The molecule has 0 unspecified atom stereocenters. The Kier molecular flexibility index (Phi) is 27.8. The van der Waals surface area contributed by atoms with Crippen LogP contribution in [0.4, 0.5) is 24.0 Å². The van der Waals surface area contributed by atoms with Crippen LogP contribution in [0.5, 0.6) is 0 Å². The first-order valence-corrected chi connectivity index (χ1v) is 46.4. The average molecular weight is 1830 g/mol. The summed E-state index contributed by atoms with van der Waals surface area (Å²) in [6.45, 7) is 15.4. The summed E-state index contributed by atoms with van der Waals surface area (Å²) in [7, 11) is 8.11. The Morgan fingerprint density at radius 1 is 0.425 bits per heavy atom. The van der Waals surface area contributed by atoms with Gasteiger partial charge in [0.25, 0.3) is 0 Å². The number of carbonyl (C=O) groups excluding carboxylic acids is 8. The summed E-state index contributed by atoms with van der Waals surface area (Å²) in [5.74, 6) is 2.12. The van der Waals surface area contributed by atoms with Gasteiger partial charge >= 0.3 is 36.4 Å². The molecule has 708 valence electrons. The number of nitrogens with zero attached hydrogens (tertiary/aromatic N) is 8. The number of aromatic amines is 4. The van der Waals surface area contributed by atoms with Crippen molar-refractivity contribution in [3.63, 3.8) is 0 Å². The number of methoxy groups -OCH3 is 6. The lowest BCUT2D eigenvalue weighted by Crippen LogP contribution is -2.52. The molecule has 2 spiro atoms. The number of benzene rings is 6. The van der Waals surface area contributed by atoms with Crippen LogP contribution in [0, 0.1) is 34.5 Å². The fourth-order valence-electron chi connectivity index (χ4n) is 20.5. The monoisotopic (exact) mass is 1830 g/mol. The molecule has 18 rings (SSSR count).